The van der Waals surface area contributed by atoms with Gasteiger partial charge in [-0.2, -0.15) is 8.42 Å². The van der Waals surface area contributed by atoms with Crippen molar-refractivity contribution in [1.82, 2.24) is 0 Å². The number of hydrogen-bond donors (Lipinski definition) is 2. The molecule has 0 aliphatic carbocycles. The molecule has 0 amide bonds. The first-order valence-corrected chi connectivity index (χ1v) is 26.8. The summed E-state index contributed by atoms with van der Waals surface area (Å²) in [6, 6.07) is 21.3. The molecule has 4 rings (SSSR count). The molecule has 0 spiro atoms. The van der Waals surface area contributed by atoms with Gasteiger partial charge in [0.25, 0.3) is 10.1 Å². The second-order valence-electron chi connectivity index (χ2n) is 16.9. The van der Waals surface area contributed by atoms with Gasteiger partial charge in [0.15, 0.2) is 5.75 Å². The van der Waals surface area contributed by atoms with Gasteiger partial charge < -0.3 is 24.2 Å². The minimum Gasteiger partial charge on any atom is -0.872 e. The summed E-state index contributed by atoms with van der Waals surface area (Å²) in [6.45, 7) is 4.48. The fourth-order valence-electron chi connectivity index (χ4n) is 7.78. The molecule has 0 fully saturated rings. The summed E-state index contributed by atoms with van der Waals surface area (Å²) in [5.41, 5.74) is 1.40. The first-order valence-electron chi connectivity index (χ1n) is 23.9. The predicted octanol–water partition coefficient (Wildman–Crippen LogP) is 14.0. The van der Waals surface area contributed by atoms with Crippen molar-refractivity contribution in [3.05, 3.63) is 96.1 Å². The molecule has 0 aliphatic heterocycles. The van der Waals surface area contributed by atoms with Crippen molar-refractivity contribution in [1.29, 1.82) is 0 Å². The van der Waals surface area contributed by atoms with Crippen molar-refractivity contribution in [2.45, 2.75) is 191 Å². The Kier molecular flexibility index (Phi) is 30.1. The first kappa shape index (κ1) is 58.3. The number of benzene rings is 4. The number of ether oxygens (including phenoxy) is 2. The minimum atomic E-state index is -4.70. The SMILES string of the molecule is CCCCCCCCCCCCCCc1cccc(S(=O)(=O)O)c1Oc1cccc(O)c1.CCCCCCCCCCCCCCc1cccc(S(=O)(=O)[O-])c1Oc1cccc([O-])c1.[Ca+2]. The fourth-order valence-corrected chi connectivity index (χ4v) is 9.08. The van der Waals surface area contributed by atoms with E-state index >= 15 is 0 Å². The molecule has 0 bridgehead atoms. The van der Waals surface area contributed by atoms with Crippen LogP contribution in [0, 0.1) is 0 Å². The minimum absolute atomic E-state index is 0. The van der Waals surface area contributed by atoms with Crippen LogP contribution in [0.1, 0.15) is 179 Å². The Morgan fingerprint density at radius 1 is 0.477 bits per heavy atom. The zero-order chi connectivity index (χ0) is 46.5. The van der Waals surface area contributed by atoms with Crippen LogP contribution in [0.2, 0.25) is 0 Å². The maximum Gasteiger partial charge on any atom is 2.00 e. The molecule has 13 heteroatoms. The number of hydrogen-bond acceptors (Lipinski definition) is 9. The van der Waals surface area contributed by atoms with Crippen LogP contribution in [0.25, 0.3) is 0 Å². The molecule has 10 nitrogen and oxygen atoms in total. The van der Waals surface area contributed by atoms with Gasteiger partial charge in [0.2, 0.25) is 0 Å². The Balaban J connectivity index is 0.000000440. The molecule has 0 aliphatic rings. The Morgan fingerprint density at radius 3 is 1.22 bits per heavy atom. The summed E-state index contributed by atoms with van der Waals surface area (Å²) < 4.78 is 80.1. The average Bonchev–Trinajstić information content (AvgIpc) is 3.25. The van der Waals surface area contributed by atoms with Gasteiger partial charge in [0, 0.05) is 6.07 Å². The van der Waals surface area contributed by atoms with E-state index < -0.39 is 20.2 Å². The molecule has 0 radical (unpaired) electrons. The third-order valence-corrected chi connectivity index (χ3v) is 13.1. The third kappa shape index (κ3) is 24.7. The number of para-hydroxylation sites is 2. The standard InChI is InChI=1S/2C26H38O5S.Ca/c2*1-2-3-4-5-6-7-8-9-10-11-12-13-16-22-17-14-20-25(32(28,29)30)26(22)31-24-19-15-18-23(27)21-24;/h2*14-15,17-21,27H,2-13,16H2,1H3,(H,28,29,30);/q;;+2/p-2. The van der Waals surface area contributed by atoms with Gasteiger partial charge >= 0.3 is 37.7 Å². The second-order valence-corrected chi connectivity index (χ2v) is 19.6. The molecule has 0 atom stereocenters. The van der Waals surface area contributed by atoms with Crippen molar-refractivity contribution in [3.8, 4) is 34.5 Å². The molecule has 0 saturated heterocycles. The van der Waals surface area contributed by atoms with Crippen molar-refractivity contribution < 1.29 is 45.6 Å². The predicted molar refractivity (Wildman–Crippen MR) is 260 cm³/mol. The number of aromatic hydroxyl groups is 1. The zero-order valence-corrected chi connectivity index (χ0v) is 43.0. The first-order chi connectivity index (χ1) is 30.8. The summed E-state index contributed by atoms with van der Waals surface area (Å²) in [7, 11) is -9.12. The van der Waals surface area contributed by atoms with Crippen LogP contribution >= 0.6 is 0 Å². The van der Waals surface area contributed by atoms with Crippen LogP contribution in [0.3, 0.4) is 0 Å². The van der Waals surface area contributed by atoms with E-state index in [2.05, 4.69) is 13.8 Å². The van der Waals surface area contributed by atoms with Crippen LogP contribution in [-0.2, 0) is 33.1 Å². The van der Waals surface area contributed by atoms with Crippen molar-refractivity contribution in [3.63, 3.8) is 0 Å². The van der Waals surface area contributed by atoms with Gasteiger partial charge in [-0.25, -0.2) is 8.42 Å². The van der Waals surface area contributed by atoms with Gasteiger partial charge in [-0.15, -0.1) is 5.75 Å². The molecule has 4 aromatic carbocycles. The van der Waals surface area contributed by atoms with Crippen molar-refractivity contribution in [2.24, 2.45) is 0 Å². The molecule has 65 heavy (non-hydrogen) atoms. The van der Waals surface area contributed by atoms with Gasteiger partial charge in [-0.05, 0) is 73.2 Å². The summed E-state index contributed by atoms with van der Waals surface area (Å²) in [5.74, 6) is 0.489. The monoisotopic (exact) mass is 962 g/mol. The van der Waals surface area contributed by atoms with E-state index in [-0.39, 0.29) is 76.3 Å². The van der Waals surface area contributed by atoms with Crippen LogP contribution in [0.4, 0.5) is 0 Å². The topological polar surface area (TPSA) is 173 Å². The molecule has 356 valence electrons. The van der Waals surface area contributed by atoms with E-state index in [1.54, 1.807) is 36.4 Å². The maximum absolute atomic E-state index is 11.9. The number of unbranched alkanes of at least 4 members (excludes halogenated alkanes) is 22. The molecule has 0 unspecified atom stereocenters. The number of phenols is 1. The number of phenolic OH excluding ortho intramolecular Hbond substituents is 1. The van der Waals surface area contributed by atoms with Crippen molar-refractivity contribution >= 4 is 58.0 Å². The second kappa shape index (κ2) is 33.6. The number of aryl methyl sites for hydroxylation is 2. The summed E-state index contributed by atoms with van der Waals surface area (Å²) in [6.07, 6.45) is 31.2. The van der Waals surface area contributed by atoms with Gasteiger partial charge in [-0.1, -0.05) is 198 Å². The van der Waals surface area contributed by atoms with Crippen LogP contribution in [-0.4, -0.2) is 68.8 Å². The summed E-state index contributed by atoms with van der Waals surface area (Å²) in [5, 5.41) is 21.3. The smallest absolute Gasteiger partial charge is 0.872 e. The average molecular weight is 963 g/mol. The Labute approximate surface area is 421 Å². The molecule has 2 N–H and O–H groups in total. The van der Waals surface area contributed by atoms with Gasteiger partial charge in [0.1, 0.15) is 38.0 Å². The maximum atomic E-state index is 11.9. The molecule has 0 aromatic heterocycles. The van der Waals surface area contributed by atoms with Crippen LogP contribution in [0.5, 0.6) is 34.5 Å². The Hall–Kier alpha value is -2.84. The van der Waals surface area contributed by atoms with Crippen LogP contribution in [0.15, 0.2) is 94.7 Å². The molecular formula is C52H74CaO10S2. The normalized spacial score (nSPS) is 11.4. The van der Waals surface area contributed by atoms with Crippen molar-refractivity contribution in [2.75, 3.05) is 0 Å². The van der Waals surface area contributed by atoms with Crippen LogP contribution < -0.4 is 14.6 Å². The van der Waals surface area contributed by atoms with E-state index in [1.807, 2.05) is 6.07 Å². The number of rotatable bonds is 32. The van der Waals surface area contributed by atoms with E-state index in [1.165, 1.54) is 158 Å². The van der Waals surface area contributed by atoms with E-state index in [0.29, 0.717) is 24.2 Å². The Morgan fingerprint density at radius 2 is 0.831 bits per heavy atom. The molecule has 0 saturated carbocycles. The summed E-state index contributed by atoms with van der Waals surface area (Å²) in [4.78, 5) is -0.637. The van der Waals surface area contributed by atoms with Gasteiger partial charge in [0.05, 0.1) is 4.90 Å². The Bertz CT molecular complexity index is 1970. The zero-order valence-electron chi connectivity index (χ0n) is 39.2. The molecular weight excluding hydrogens is 889 g/mol. The largest absolute Gasteiger partial charge is 2.00 e. The summed E-state index contributed by atoms with van der Waals surface area (Å²) >= 11 is 0. The fraction of sp³-hybridized carbons (Fsp3) is 0.538. The molecule has 0 heterocycles. The van der Waals surface area contributed by atoms with E-state index in [4.69, 9.17) is 9.47 Å². The third-order valence-electron chi connectivity index (χ3n) is 11.3. The quantitative estimate of drug-likeness (QED) is 0.0272. The molecule has 4 aromatic rings. The van der Waals surface area contributed by atoms with E-state index in [9.17, 15) is 36.2 Å². The van der Waals surface area contributed by atoms with Gasteiger partial charge in [-0.3, -0.25) is 4.55 Å². The van der Waals surface area contributed by atoms with E-state index in [0.717, 1.165) is 44.1 Å².